The smallest absolute Gasteiger partial charge is 0.0648 e. The predicted octanol–water partition coefficient (Wildman–Crippen LogP) is 3.28. The van der Waals surface area contributed by atoms with Gasteiger partial charge in [-0.2, -0.15) is 0 Å². The Morgan fingerprint density at radius 3 is 2.55 bits per heavy atom. The maximum absolute atomic E-state index is 5.87. The zero-order valence-corrected chi connectivity index (χ0v) is 12.9. The Morgan fingerprint density at radius 2 is 1.85 bits per heavy atom. The minimum Gasteiger partial charge on any atom is -0.371 e. The molecule has 2 aliphatic heterocycles. The van der Waals surface area contributed by atoms with Crippen molar-refractivity contribution in [3.63, 3.8) is 0 Å². The minimum atomic E-state index is 0.498. The highest BCUT2D eigenvalue weighted by Gasteiger charge is 2.25. The van der Waals surface area contributed by atoms with E-state index in [0.717, 1.165) is 24.8 Å². The summed E-state index contributed by atoms with van der Waals surface area (Å²) in [6.07, 6.45) is 8.67. The number of piperidine rings is 2. The molecule has 0 spiro atoms. The molecule has 3 rings (SSSR count). The fraction of sp³-hybridized carbons (Fsp3) is 0.688. The van der Waals surface area contributed by atoms with E-state index in [0.29, 0.717) is 5.88 Å². The van der Waals surface area contributed by atoms with Crippen molar-refractivity contribution in [1.82, 2.24) is 9.88 Å². The number of rotatable bonds is 3. The number of hydrogen-bond acceptors (Lipinski definition) is 3. The van der Waals surface area contributed by atoms with Crippen LogP contribution in [0.4, 0.5) is 5.69 Å². The number of pyridine rings is 1. The molecule has 0 amide bonds. The number of aromatic nitrogens is 1. The molecule has 1 aromatic heterocycles. The zero-order chi connectivity index (χ0) is 13.8. The summed E-state index contributed by atoms with van der Waals surface area (Å²) < 4.78 is 0. The Labute approximate surface area is 126 Å². The van der Waals surface area contributed by atoms with Crippen LogP contribution in [0.2, 0.25) is 0 Å². The van der Waals surface area contributed by atoms with Gasteiger partial charge in [-0.15, -0.1) is 11.6 Å². The van der Waals surface area contributed by atoms with Crippen molar-refractivity contribution in [2.24, 2.45) is 0 Å². The first-order chi connectivity index (χ1) is 9.86. The average Bonchev–Trinajstić information content (AvgIpc) is 2.56. The van der Waals surface area contributed by atoms with Gasteiger partial charge in [-0.25, -0.2) is 0 Å². The summed E-state index contributed by atoms with van der Waals surface area (Å²) in [6.45, 7) is 4.95. The van der Waals surface area contributed by atoms with Crippen molar-refractivity contribution < 1.29 is 0 Å². The summed E-state index contributed by atoms with van der Waals surface area (Å²) >= 11 is 5.87. The highest BCUT2D eigenvalue weighted by Crippen LogP contribution is 2.25. The number of alkyl halides is 1. The molecule has 0 atom stereocenters. The Hall–Kier alpha value is -0.800. The Kier molecular flexibility index (Phi) is 4.79. The van der Waals surface area contributed by atoms with Crippen molar-refractivity contribution in [2.45, 2.75) is 44.0 Å². The summed E-state index contributed by atoms with van der Waals surface area (Å²) in [7, 11) is 0. The monoisotopic (exact) mass is 293 g/mol. The van der Waals surface area contributed by atoms with Crippen LogP contribution in [0.1, 0.15) is 37.8 Å². The van der Waals surface area contributed by atoms with Gasteiger partial charge in [0.05, 0.1) is 11.6 Å². The molecule has 110 valence electrons. The van der Waals surface area contributed by atoms with E-state index in [2.05, 4.69) is 26.9 Å². The number of anilines is 1. The lowest BCUT2D eigenvalue weighted by molar-refractivity contribution is 0.141. The highest BCUT2D eigenvalue weighted by molar-refractivity contribution is 6.16. The van der Waals surface area contributed by atoms with Gasteiger partial charge < -0.3 is 9.80 Å². The lowest BCUT2D eigenvalue weighted by atomic mass is 9.99. The van der Waals surface area contributed by atoms with Crippen LogP contribution in [0.25, 0.3) is 0 Å². The largest absolute Gasteiger partial charge is 0.371 e. The second-order valence-electron chi connectivity index (χ2n) is 5.95. The molecule has 2 saturated heterocycles. The van der Waals surface area contributed by atoms with Crippen molar-refractivity contribution in [2.75, 3.05) is 31.1 Å². The maximum atomic E-state index is 5.87. The molecule has 1 aromatic rings. The van der Waals surface area contributed by atoms with E-state index in [4.69, 9.17) is 11.6 Å². The van der Waals surface area contributed by atoms with Gasteiger partial charge in [0.2, 0.25) is 0 Å². The Bertz CT molecular complexity index is 423. The molecule has 0 N–H and O–H groups in total. The Balaban J connectivity index is 1.57. The summed E-state index contributed by atoms with van der Waals surface area (Å²) in [5.41, 5.74) is 2.26. The normalized spacial score (nSPS) is 22.1. The van der Waals surface area contributed by atoms with Crippen molar-refractivity contribution in [1.29, 1.82) is 0 Å². The van der Waals surface area contributed by atoms with E-state index in [9.17, 15) is 0 Å². The van der Waals surface area contributed by atoms with Crippen LogP contribution in [0.3, 0.4) is 0 Å². The van der Waals surface area contributed by atoms with Crippen LogP contribution in [-0.4, -0.2) is 42.1 Å². The summed E-state index contributed by atoms with van der Waals surface area (Å²) in [4.78, 5) is 9.48. The molecule has 0 aliphatic carbocycles. The number of likely N-dealkylation sites (tertiary alicyclic amines) is 1. The molecule has 3 nitrogen and oxygen atoms in total. The molecule has 0 bridgehead atoms. The topological polar surface area (TPSA) is 19.4 Å². The van der Waals surface area contributed by atoms with E-state index in [1.54, 1.807) is 0 Å². The lowest BCUT2D eigenvalue weighted by Gasteiger charge is -2.41. The van der Waals surface area contributed by atoms with Gasteiger partial charge >= 0.3 is 0 Å². The molecule has 0 unspecified atom stereocenters. The molecule has 0 radical (unpaired) electrons. The third-order valence-corrected chi connectivity index (χ3v) is 4.95. The quantitative estimate of drug-likeness (QED) is 0.797. The minimum absolute atomic E-state index is 0.498. The van der Waals surface area contributed by atoms with Crippen molar-refractivity contribution in [3.8, 4) is 0 Å². The molecule has 4 heteroatoms. The predicted molar refractivity (Wildman–Crippen MR) is 84.5 cm³/mol. The van der Waals surface area contributed by atoms with Gasteiger partial charge in [0.15, 0.2) is 0 Å². The maximum Gasteiger partial charge on any atom is 0.0648 e. The number of hydrogen-bond donors (Lipinski definition) is 0. The van der Waals surface area contributed by atoms with Gasteiger partial charge in [0.25, 0.3) is 0 Å². The van der Waals surface area contributed by atoms with E-state index < -0.39 is 0 Å². The van der Waals surface area contributed by atoms with Crippen LogP contribution in [0, 0.1) is 0 Å². The van der Waals surface area contributed by atoms with Gasteiger partial charge in [0, 0.05) is 31.0 Å². The standard InChI is InChI=1S/C16H24ClN3/c17-13-14-12-16(4-7-18-14)20-10-5-15(6-11-20)19-8-2-1-3-9-19/h4,7,12,15H,1-3,5-6,8-11,13H2. The van der Waals surface area contributed by atoms with Gasteiger partial charge in [0.1, 0.15) is 0 Å². The van der Waals surface area contributed by atoms with Crippen LogP contribution < -0.4 is 4.90 Å². The second-order valence-corrected chi connectivity index (χ2v) is 6.22. The highest BCUT2D eigenvalue weighted by atomic mass is 35.5. The van der Waals surface area contributed by atoms with E-state index in [1.165, 1.54) is 50.9 Å². The fourth-order valence-corrected chi connectivity index (χ4v) is 3.65. The SMILES string of the molecule is ClCc1cc(N2CCC(N3CCCCC3)CC2)ccn1. The fourth-order valence-electron chi connectivity index (χ4n) is 3.51. The molecule has 0 aromatic carbocycles. The first kappa shape index (κ1) is 14.2. The third kappa shape index (κ3) is 3.26. The number of halogens is 1. The Morgan fingerprint density at radius 1 is 1.10 bits per heavy atom. The molecule has 2 aliphatic rings. The summed E-state index contributed by atoms with van der Waals surface area (Å²) in [5, 5.41) is 0. The van der Waals surface area contributed by atoms with Gasteiger partial charge in [-0.05, 0) is 50.9 Å². The van der Waals surface area contributed by atoms with E-state index >= 15 is 0 Å². The van der Waals surface area contributed by atoms with Crippen LogP contribution >= 0.6 is 11.6 Å². The summed E-state index contributed by atoms with van der Waals surface area (Å²) in [5.74, 6) is 0.498. The first-order valence-electron chi connectivity index (χ1n) is 7.87. The van der Waals surface area contributed by atoms with Gasteiger partial charge in [-0.3, -0.25) is 4.98 Å². The van der Waals surface area contributed by atoms with E-state index in [1.807, 2.05) is 6.20 Å². The third-order valence-electron chi connectivity index (χ3n) is 4.67. The van der Waals surface area contributed by atoms with Gasteiger partial charge in [-0.1, -0.05) is 6.42 Å². The number of nitrogens with zero attached hydrogens (tertiary/aromatic N) is 3. The molecule has 20 heavy (non-hydrogen) atoms. The molecular weight excluding hydrogens is 270 g/mol. The summed E-state index contributed by atoms with van der Waals surface area (Å²) in [6, 6.07) is 5.05. The first-order valence-corrected chi connectivity index (χ1v) is 8.40. The molecule has 3 heterocycles. The molecular formula is C16H24ClN3. The molecule has 2 fully saturated rings. The lowest BCUT2D eigenvalue weighted by Crippen LogP contribution is -2.46. The van der Waals surface area contributed by atoms with Crippen LogP contribution in [0.5, 0.6) is 0 Å². The van der Waals surface area contributed by atoms with Crippen molar-refractivity contribution >= 4 is 17.3 Å². The van der Waals surface area contributed by atoms with Crippen LogP contribution in [0.15, 0.2) is 18.3 Å². The molecule has 0 saturated carbocycles. The van der Waals surface area contributed by atoms with Crippen molar-refractivity contribution in [3.05, 3.63) is 24.0 Å². The average molecular weight is 294 g/mol. The zero-order valence-electron chi connectivity index (χ0n) is 12.1. The van der Waals surface area contributed by atoms with Crippen LogP contribution in [-0.2, 0) is 5.88 Å². The second kappa shape index (κ2) is 6.77. The van der Waals surface area contributed by atoms with E-state index in [-0.39, 0.29) is 0 Å².